The number of carboxylic acids is 1. The normalized spacial score (nSPS) is 11.0. The first-order valence-electron chi connectivity index (χ1n) is 8.14. The molecule has 0 saturated heterocycles. The fourth-order valence-electron chi connectivity index (χ4n) is 3.10. The Kier molecular flexibility index (Phi) is 4.19. The second kappa shape index (κ2) is 6.65. The molecule has 0 bridgehead atoms. The second-order valence-corrected chi connectivity index (χ2v) is 6.48. The number of carboxylic acid groups (broad SMARTS) is 1. The number of hydrogen-bond donors (Lipinski definition) is 1. The number of halogens is 1. The van der Waals surface area contributed by atoms with Crippen molar-refractivity contribution in [2.45, 2.75) is 6.54 Å². The summed E-state index contributed by atoms with van der Waals surface area (Å²) >= 11 is 6.03. The summed E-state index contributed by atoms with van der Waals surface area (Å²) in [4.78, 5) is 16.1. The predicted molar refractivity (Wildman–Crippen MR) is 103 cm³/mol. The Balaban J connectivity index is 1.69. The quantitative estimate of drug-likeness (QED) is 0.549. The van der Waals surface area contributed by atoms with Crippen LogP contribution in [0, 0.1) is 0 Å². The molecule has 0 fully saturated rings. The van der Waals surface area contributed by atoms with E-state index in [-0.39, 0.29) is 5.56 Å². The summed E-state index contributed by atoms with van der Waals surface area (Å²) in [6.45, 7) is 0.487. The number of fused-ring (bicyclic) bond motifs is 1. The lowest BCUT2D eigenvalue weighted by Crippen LogP contribution is -2.05. The summed E-state index contributed by atoms with van der Waals surface area (Å²) in [5.41, 5.74) is 3.85. The van der Waals surface area contributed by atoms with Crippen molar-refractivity contribution in [2.24, 2.45) is 0 Å². The van der Waals surface area contributed by atoms with Crippen molar-refractivity contribution in [1.82, 2.24) is 9.55 Å². The summed E-state index contributed by atoms with van der Waals surface area (Å²) in [5.74, 6) is -0.996. The zero-order valence-electron chi connectivity index (χ0n) is 13.8. The third-order valence-electron chi connectivity index (χ3n) is 4.32. The van der Waals surface area contributed by atoms with Gasteiger partial charge in [0, 0.05) is 28.4 Å². The molecular weight excluding hydrogens is 348 g/mol. The average molecular weight is 363 g/mol. The third-order valence-corrected chi connectivity index (χ3v) is 4.54. The van der Waals surface area contributed by atoms with Crippen LogP contribution < -0.4 is 0 Å². The van der Waals surface area contributed by atoms with Crippen molar-refractivity contribution in [3.8, 4) is 11.1 Å². The number of rotatable bonds is 4. The van der Waals surface area contributed by atoms with Crippen LogP contribution in [-0.2, 0) is 6.54 Å². The van der Waals surface area contributed by atoms with Crippen molar-refractivity contribution in [3.05, 3.63) is 89.3 Å². The van der Waals surface area contributed by atoms with Crippen molar-refractivity contribution in [1.29, 1.82) is 0 Å². The largest absolute Gasteiger partial charge is 0.478 e. The highest BCUT2D eigenvalue weighted by Gasteiger charge is 2.14. The van der Waals surface area contributed by atoms with Gasteiger partial charge in [-0.1, -0.05) is 48.0 Å². The van der Waals surface area contributed by atoms with E-state index in [9.17, 15) is 9.90 Å². The van der Waals surface area contributed by atoms with E-state index in [0.29, 0.717) is 17.1 Å². The second-order valence-electron chi connectivity index (χ2n) is 6.04. The van der Waals surface area contributed by atoms with Crippen LogP contribution >= 0.6 is 11.6 Å². The number of hydrogen-bond acceptors (Lipinski definition) is 2. The molecule has 0 unspecified atom stereocenters. The van der Waals surface area contributed by atoms with Crippen LogP contribution in [0.5, 0.6) is 0 Å². The van der Waals surface area contributed by atoms with Gasteiger partial charge < -0.3 is 9.67 Å². The maximum absolute atomic E-state index is 11.6. The fraction of sp³-hybridized carbons (Fsp3) is 0.0476. The van der Waals surface area contributed by atoms with Crippen molar-refractivity contribution < 1.29 is 9.90 Å². The molecule has 0 aliphatic rings. The van der Waals surface area contributed by atoms with E-state index in [0.717, 1.165) is 22.2 Å². The average Bonchev–Trinajstić information content (AvgIpc) is 3.04. The third kappa shape index (κ3) is 3.07. The fourth-order valence-corrected chi connectivity index (χ4v) is 3.33. The van der Waals surface area contributed by atoms with Crippen LogP contribution in [0.4, 0.5) is 0 Å². The molecule has 26 heavy (non-hydrogen) atoms. The summed E-state index contributed by atoms with van der Waals surface area (Å²) in [5, 5.41) is 10.7. The van der Waals surface area contributed by atoms with E-state index in [1.807, 2.05) is 65.5 Å². The van der Waals surface area contributed by atoms with Gasteiger partial charge in [-0.25, -0.2) is 4.79 Å². The first-order chi connectivity index (χ1) is 12.6. The molecule has 5 heteroatoms. The SMILES string of the molecule is O=C(O)c1cc(Cl)cc2ccn(Cc3ccc(-c4ccccc4)cn3)c12. The van der Waals surface area contributed by atoms with Gasteiger partial charge in [0.1, 0.15) is 0 Å². The van der Waals surface area contributed by atoms with Gasteiger partial charge in [-0.3, -0.25) is 4.98 Å². The highest BCUT2D eigenvalue weighted by Crippen LogP contribution is 2.26. The standard InChI is InChI=1S/C21H15ClN2O2/c22-17-10-15-8-9-24(20(15)19(11-17)21(25)26)13-18-7-6-16(12-23-18)14-4-2-1-3-5-14/h1-12H,13H2,(H,25,26). The first-order valence-corrected chi connectivity index (χ1v) is 8.51. The smallest absolute Gasteiger partial charge is 0.337 e. The van der Waals surface area contributed by atoms with E-state index >= 15 is 0 Å². The van der Waals surface area contributed by atoms with Gasteiger partial charge in [-0.2, -0.15) is 0 Å². The molecule has 0 radical (unpaired) electrons. The van der Waals surface area contributed by atoms with E-state index in [1.165, 1.54) is 6.07 Å². The van der Waals surface area contributed by atoms with Crippen LogP contribution in [0.15, 0.2) is 73.1 Å². The van der Waals surface area contributed by atoms with E-state index in [2.05, 4.69) is 4.98 Å². The maximum atomic E-state index is 11.6. The Labute approximate surface area is 155 Å². The molecule has 1 N–H and O–H groups in total. The van der Waals surface area contributed by atoms with Gasteiger partial charge in [0.05, 0.1) is 23.3 Å². The summed E-state index contributed by atoms with van der Waals surface area (Å²) in [7, 11) is 0. The molecule has 0 amide bonds. The molecule has 0 spiro atoms. The van der Waals surface area contributed by atoms with Crippen LogP contribution in [0.2, 0.25) is 5.02 Å². The topological polar surface area (TPSA) is 55.1 Å². The lowest BCUT2D eigenvalue weighted by Gasteiger charge is -2.09. The van der Waals surface area contributed by atoms with Crippen molar-refractivity contribution in [3.63, 3.8) is 0 Å². The van der Waals surface area contributed by atoms with Gasteiger partial charge in [0.15, 0.2) is 0 Å². The zero-order chi connectivity index (χ0) is 18.1. The number of pyridine rings is 1. The van der Waals surface area contributed by atoms with Crippen LogP contribution in [0.1, 0.15) is 16.1 Å². The van der Waals surface area contributed by atoms with Crippen molar-refractivity contribution in [2.75, 3.05) is 0 Å². The number of benzene rings is 2. The van der Waals surface area contributed by atoms with Crippen LogP contribution in [0.25, 0.3) is 22.0 Å². The molecule has 0 atom stereocenters. The molecule has 2 heterocycles. The van der Waals surface area contributed by atoms with Gasteiger partial charge in [-0.15, -0.1) is 0 Å². The monoisotopic (exact) mass is 362 g/mol. The molecule has 128 valence electrons. The van der Waals surface area contributed by atoms with E-state index in [4.69, 9.17) is 11.6 Å². The summed E-state index contributed by atoms with van der Waals surface area (Å²) < 4.78 is 1.89. The maximum Gasteiger partial charge on any atom is 0.337 e. The first kappa shape index (κ1) is 16.4. The number of nitrogens with zero attached hydrogens (tertiary/aromatic N) is 2. The minimum Gasteiger partial charge on any atom is -0.478 e. The number of aromatic nitrogens is 2. The minimum absolute atomic E-state index is 0.193. The lowest BCUT2D eigenvalue weighted by molar-refractivity contribution is 0.0698. The molecular formula is C21H15ClN2O2. The van der Waals surface area contributed by atoms with Gasteiger partial charge in [0.2, 0.25) is 0 Å². The zero-order valence-corrected chi connectivity index (χ0v) is 14.5. The number of carbonyl (C=O) groups is 1. The predicted octanol–water partition coefficient (Wildman–Crippen LogP) is 5.10. The minimum atomic E-state index is -0.996. The molecule has 2 aromatic carbocycles. The van der Waals surface area contributed by atoms with Gasteiger partial charge in [0.25, 0.3) is 0 Å². The molecule has 0 saturated carbocycles. The Morgan fingerprint density at radius 3 is 2.54 bits per heavy atom. The van der Waals surface area contributed by atoms with E-state index < -0.39 is 5.97 Å². The molecule has 4 rings (SSSR count). The Morgan fingerprint density at radius 2 is 1.85 bits per heavy atom. The Hall–Kier alpha value is -3.11. The molecule has 2 aromatic heterocycles. The molecule has 4 aromatic rings. The van der Waals surface area contributed by atoms with Crippen LogP contribution in [0.3, 0.4) is 0 Å². The molecule has 0 aliphatic carbocycles. The van der Waals surface area contributed by atoms with Gasteiger partial charge >= 0.3 is 5.97 Å². The summed E-state index contributed by atoms with van der Waals surface area (Å²) in [6.07, 6.45) is 3.70. The molecule has 0 aliphatic heterocycles. The summed E-state index contributed by atoms with van der Waals surface area (Å²) in [6, 6.07) is 19.2. The lowest BCUT2D eigenvalue weighted by atomic mass is 10.1. The van der Waals surface area contributed by atoms with Crippen LogP contribution in [-0.4, -0.2) is 20.6 Å². The highest BCUT2D eigenvalue weighted by atomic mass is 35.5. The Morgan fingerprint density at radius 1 is 1.04 bits per heavy atom. The van der Waals surface area contributed by atoms with Crippen molar-refractivity contribution >= 4 is 28.5 Å². The van der Waals surface area contributed by atoms with Gasteiger partial charge in [-0.05, 0) is 29.8 Å². The highest BCUT2D eigenvalue weighted by molar-refractivity contribution is 6.32. The Bertz CT molecular complexity index is 1090. The van der Waals surface area contributed by atoms with E-state index in [1.54, 1.807) is 6.07 Å². The number of aromatic carboxylic acids is 1. The molecule has 4 nitrogen and oxygen atoms in total.